The number of hydrogen-bond donors (Lipinski definition) is 0. The quantitative estimate of drug-likeness (QED) is 0.485. The van der Waals surface area contributed by atoms with E-state index >= 15 is 0 Å². The lowest BCUT2D eigenvalue weighted by atomic mass is 10.3. The summed E-state index contributed by atoms with van der Waals surface area (Å²) >= 11 is 11.4. The first-order chi connectivity index (χ1) is 9.47. The summed E-state index contributed by atoms with van der Waals surface area (Å²) in [5, 5.41) is 10.7. The van der Waals surface area contributed by atoms with Gasteiger partial charge in [0.15, 0.2) is 11.6 Å². The summed E-state index contributed by atoms with van der Waals surface area (Å²) < 4.78 is 18.8. The van der Waals surface area contributed by atoms with E-state index in [0.29, 0.717) is 11.8 Å². The third-order valence-corrected chi connectivity index (χ3v) is 2.86. The Morgan fingerprint density at radius 1 is 1.35 bits per heavy atom. The fraction of sp³-hybridized carbons (Fsp3) is 0.0833. The summed E-state index contributed by atoms with van der Waals surface area (Å²) in [4.78, 5) is 13.8. The molecule has 20 heavy (non-hydrogen) atoms. The van der Waals surface area contributed by atoms with Gasteiger partial charge in [0.2, 0.25) is 0 Å². The van der Waals surface area contributed by atoms with Crippen LogP contribution in [0.25, 0.3) is 0 Å². The molecule has 0 amide bonds. The second-order valence-corrected chi connectivity index (χ2v) is 4.53. The number of nitrogens with zero attached hydrogens (tertiary/aromatic N) is 2. The summed E-state index contributed by atoms with van der Waals surface area (Å²) in [7, 11) is 0. The van der Waals surface area contributed by atoms with Gasteiger partial charge in [0.25, 0.3) is 5.69 Å². The SMILES string of the molecule is O=[N+]([O-])c1cc(F)c(OCc2cccc(Cl)n2)cc1Cl. The Morgan fingerprint density at radius 3 is 2.75 bits per heavy atom. The number of nitro benzene ring substituents is 1. The van der Waals surface area contributed by atoms with Crippen molar-refractivity contribution in [1.82, 2.24) is 4.98 Å². The van der Waals surface area contributed by atoms with Crippen LogP contribution in [0.15, 0.2) is 30.3 Å². The maximum Gasteiger partial charge on any atom is 0.291 e. The summed E-state index contributed by atoms with van der Waals surface area (Å²) in [6, 6.07) is 6.68. The van der Waals surface area contributed by atoms with Crippen LogP contribution in [-0.4, -0.2) is 9.91 Å². The molecule has 1 heterocycles. The number of halogens is 3. The Balaban J connectivity index is 2.18. The zero-order valence-corrected chi connectivity index (χ0v) is 11.4. The molecule has 5 nitrogen and oxygen atoms in total. The van der Waals surface area contributed by atoms with Crippen LogP contribution in [-0.2, 0) is 6.61 Å². The minimum atomic E-state index is -0.872. The van der Waals surface area contributed by atoms with Gasteiger partial charge in [0, 0.05) is 6.07 Å². The van der Waals surface area contributed by atoms with E-state index in [1.165, 1.54) is 0 Å². The highest BCUT2D eigenvalue weighted by Crippen LogP contribution is 2.31. The average molecular weight is 317 g/mol. The van der Waals surface area contributed by atoms with Crippen molar-refractivity contribution in [3.63, 3.8) is 0 Å². The van der Waals surface area contributed by atoms with Crippen molar-refractivity contribution in [2.24, 2.45) is 0 Å². The molecule has 0 aliphatic heterocycles. The minimum absolute atomic E-state index is 0.0361. The molecule has 0 unspecified atom stereocenters. The molecule has 8 heteroatoms. The maximum absolute atomic E-state index is 13.6. The predicted octanol–water partition coefficient (Wildman–Crippen LogP) is 4.01. The Labute approximate surface area is 123 Å². The first kappa shape index (κ1) is 14.5. The highest BCUT2D eigenvalue weighted by Gasteiger charge is 2.18. The highest BCUT2D eigenvalue weighted by atomic mass is 35.5. The van der Waals surface area contributed by atoms with E-state index in [9.17, 15) is 14.5 Å². The fourth-order valence-electron chi connectivity index (χ4n) is 1.45. The molecule has 0 N–H and O–H groups in total. The van der Waals surface area contributed by atoms with Crippen LogP contribution in [0.3, 0.4) is 0 Å². The van der Waals surface area contributed by atoms with Crippen LogP contribution in [0, 0.1) is 15.9 Å². The molecule has 2 aromatic rings. The summed E-state index contributed by atoms with van der Waals surface area (Å²) in [6.45, 7) is -0.0361. The number of pyridine rings is 1. The molecule has 104 valence electrons. The minimum Gasteiger partial charge on any atom is -0.484 e. The molecule has 0 spiro atoms. The van der Waals surface area contributed by atoms with Crippen LogP contribution in [0.1, 0.15) is 5.69 Å². The van der Waals surface area contributed by atoms with E-state index in [2.05, 4.69) is 4.98 Å². The molecule has 0 bridgehead atoms. The lowest BCUT2D eigenvalue weighted by molar-refractivity contribution is -0.384. The molecular weight excluding hydrogens is 310 g/mol. The van der Waals surface area contributed by atoms with E-state index in [1.807, 2.05) is 0 Å². The van der Waals surface area contributed by atoms with E-state index in [4.69, 9.17) is 27.9 Å². The van der Waals surface area contributed by atoms with Gasteiger partial charge in [-0.25, -0.2) is 9.37 Å². The zero-order valence-electron chi connectivity index (χ0n) is 9.85. The van der Waals surface area contributed by atoms with E-state index in [0.717, 1.165) is 6.07 Å². The van der Waals surface area contributed by atoms with Crippen LogP contribution in [0.5, 0.6) is 5.75 Å². The zero-order chi connectivity index (χ0) is 14.7. The highest BCUT2D eigenvalue weighted by molar-refractivity contribution is 6.32. The molecule has 0 saturated carbocycles. The Kier molecular flexibility index (Phi) is 4.36. The van der Waals surface area contributed by atoms with Crippen LogP contribution in [0.4, 0.5) is 10.1 Å². The van der Waals surface area contributed by atoms with Gasteiger partial charge in [0.05, 0.1) is 16.7 Å². The second kappa shape index (κ2) is 6.02. The summed E-state index contributed by atoms with van der Waals surface area (Å²) in [6.07, 6.45) is 0. The smallest absolute Gasteiger partial charge is 0.291 e. The lowest BCUT2D eigenvalue weighted by Crippen LogP contribution is -2.01. The van der Waals surface area contributed by atoms with Gasteiger partial charge < -0.3 is 4.74 Å². The monoisotopic (exact) mass is 316 g/mol. The summed E-state index contributed by atoms with van der Waals surface area (Å²) in [5.74, 6) is -1.06. The van der Waals surface area contributed by atoms with Gasteiger partial charge in [-0.15, -0.1) is 0 Å². The van der Waals surface area contributed by atoms with Crippen molar-refractivity contribution < 1.29 is 14.1 Å². The number of ether oxygens (including phenoxy) is 1. The average Bonchev–Trinajstić information content (AvgIpc) is 2.39. The Hall–Kier alpha value is -1.92. The third kappa shape index (κ3) is 3.34. The van der Waals surface area contributed by atoms with Crippen molar-refractivity contribution in [3.8, 4) is 5.75 Å². The van der Waals surface area contributed by atoms with Gasteiger partial charge in [-0.2, -0.15) is 0 Å². The molecular formula is C12H7Cl2FN2O3. The number of hydrogen-bond acceptors (Lipinski definition) is 4. The second-order valence-electron chi connectivity index (χ2n) is 3.73. The third-order valence-electron chi connectivity index (χ3n) is 2.35. The number of rotatable bonds is 4. The van der Waals surface area contributed by atoms with Crippen molar-refractivity contribution in [2.45, 2.75) is 6.61 Å². The van der Waals surface area contributed by atoms with Crippen molar-refractivity contribution in [3.05, 3.63) is 62.1 Å². The molecule has 2 rings (SSSR count). The van der Waals surface area contributed by atoms with Crippen molar-refractivity contribution in [2.75, 3.05) is 0 Å². The van der Waals surface area contributed by atoms with Gasteiger partial charge in [0.1, 0.15) is 16.8 Å². The normalized spacial score (nSPS) is 10.3. The Bertz CT molecular complexity index is 667. The number of benzene rings is 1. The van der Waals surface area contributed by atoms with Gasteiger partial charge in [-0.3, -0.25) is 10.1 Å². The largest absolute Gasteiger partial charge is 0.484 e. The predicted molar refractivity (Wildman–Crippen MR) is 71.6 cm³/mol. The van der Waals surface area contributed by atoms with E-state index in [1.54, 1.807) is 18.2 Å². The number of nitro groups is 1. The fourth-order valence-corrected chi connectivity index (χ4v) is 1.85. The first-order valence-electron chi connectivity index (χ1n) is 5.35. The molecule has 1 aromatic carbocycles. The number of aromatic nitrogens is 1. The molecule has 0 atom stereocenters. The lowest BCUT2D eigenvalue weighted by Gasteiger charge is -2.07. The molecule has 0 aliphatic carbocycles. The van der Waals surface area contributed by atoms with Crippen molar-refractivity contribution in [1.29, 1.82) is 0 Å². The topological polar surface area (TPSA) is 65.3 Å². The maximum atomic E-state index is 13.6. The molecule has 0 fully saturated rings. The van der Waals surface area contributed by atoms with Gasteiger partial charge in [-0.05, 0) is 12.1 Å². The Morgan fingerprint density at radius 2 is 2.10 bits per heavy atom. The molecule has 0 aliphatic rings. The van der Waals surface area contributed by atoms with Gasteiger partial charge in [-0.1, -0.05) is 29.3 Å². The molecule has 1 aromatic heterocycles. The van der Waals surface area contributed by atoms with E-state index < -0.39 is 16.4 Å². The van der Waals surface area contributed by atoms with Crippen molar-refractivity contribution >= 4 is 28.9 Å². The van der Waals surface area contributed by atoms with Crippen LogP contribution < -0.4 is 4.74 Å². The molecule has 0 radical (unpaired) electrons. The summed E-state index contributed by atoms with van der Waals surface area (Å²) in [5.41, 5.74) is -0.0243. The standard InChI is InChI=1S/C12H7Cl2FN2O3/c13-8-4-11(9(15)5-10(8)17(18)19)20-6-7-2-1-3-12(14)16-7/h1-5H,6H2. The van der Waals surface area contributed by atoms with Gasteiger partial charge >= 0.3 is 0 Å². The van der Waals surface area contributed by atoms with E-state index in [-0.39, 0.29) is 22.5 Å². The van der Waals surface area contributed by atoms with Crippen LogP contribution >= 0.6 is 23.2 Å². The van der Waals surface area contributed by atoms with Crippen LogP contribution in [0.2, 0.25) is 10.2 Å². The molecule has 0 saturated heterocycles. The first-order valence-corrected chi connectivity index (χ1v) is 6.10.